The third kappa shape index (κ3) is 4.88. The Hall–Kier alpha value is -3.79. The third-order valence-electron chi connectivity index (χ3n) is 5.10. The van der Waals surface area contributed by atoms with Crippen molar-refractivity contribution in [2.45, 2.75) is 33.3 Å². The molecule has 11 heteroatoms. The fraction of sp³-hybridized carbons (Fsp3) is 0.292. The Bertz CT molecular complexity index is 1430. The minimum absolute atomic E-state index is 0.246. The Kier molecular flexibility index (Phi) is 6.33. The van der Waals surface area contributed by atoms with E-state index in [9.17, 15) is 9.59 Å². The van der Waals surface area contributed by atoms with Crippen molar-refractivity contribution in [1.82, 2.24) is 24.5 Å². The number of anilines is 1. The van der Waals surface area contributed by atoms with E-state index in [0.717, 1.165) is 4.68 Å². The third-order valence-corrected chi connectivity index (χ3v) is 5.34. The number of carbonyl (C=O) groups excluding carboxylic acids is 2. The van der Waals surface area contributed by atoms with E-state index in [1.54, 1.807) is 57.9 Å². The van der Waals surface area contributed by atoms with Crippen LogP contribution in [0.25, 0.3) is 33.3 Å². The van der Waals surface area contributed by atoms with Crippen LogP contribution in [0.15, 0.2) is 36.9 Å². The molecule has 1 N–H and O–H groups in total. The van der Waals surface area contributed by atoms with Gasteiger partial charge < -0.3 is 10.1 Å². The molecule has 0 saturated heterocycles. The van der Waals surface area contributed by atoms with Gasteiger partial charge in [0.25, 0.3) is 0 Å². The molecule has 0 spiro atoms. The van der Waals surface area contributed by atoms with Gasteiger partial charge in [0.1, 0.15) is 28.5 Å². The smallest absolute Gasteiger partial charge is 0.435 e. The molecule has 0 aliphatic heterocycles. The number of hydrogen-bond acceptors (Lipinski definition) is 6. The van der Waals surface area contributed by atoms with Gasteiger partial charge in [-0.2, -0.15) is 14.9 Å². The minimum atomic E-state index is -0.749. The largest absolute Gasteiger partial charge is 0.442 e. The number of nitrogens with zero attached hydrogens (tertiary/aromatic N) is 5. The molecule has 35 heavy (non-hydrogen) atoms. The number of amides is 1. The summed E-state index contributed by atoms with van der Waals surface area (Å²) in [5.74, 6) is -1.27. The first-order chi connectivity index (χ1) is 16.5. The standard InChI is InChI=1S/C24H24ClFN6O3/c1-13-6-15(29-19(33)8-25)7-17(26)20(13)16-10-27-11-18-21(16)22(14-9-28-31(5)12-14)30-32(18)23(34)35-24(2,3)4/h6-7,9-12H,8H2,1-5H3,(H,29,33). The van der Waals surface area contributed by atoms with E-state index in [2.05, 4.69) is 20.5 Å². The maximum Gasteiger partial charge on any atom is 0.435 e. The molecule has 0 aliphatic rings. The predicted octanol–water partition coefficient (Wildman–Crippen LogP) is 4.91. The maximum atomic E-state index is 15.5. The molecular formula is C24H24ClFN6O3. The summed E-state index contributed by atoms with van der Waals surface area (Å²) in [5.41, 5.74) is 2.20. The topological polar surface area (TPSA) is 104 Å². The van der Waals surface area contributed by atoms with E-state index in [-0.39, 0.29) is 17.1 Å². The van der Waals surface area contributed by atoms with E-state index in [1.807, 2.05) is 0 Å². The van der Waals surface area contributed by atoms with Gasteiger partial charge >= 0.3 is 6.09 Å². The van der Waals surface area contributed by atoms with Crippen molar-refractivity contribution in [2.24, 2.45) is 7.05 Å². The number of pyridine rings is 1. The van der Waals surface area contributed by atoms with E-state index < -0.39 is 23.4 Å². The van der Waals surface area contributed by atoms with Crippen molar-refractivity contribution >= 4 is 40.2 Å². The van der Waals surface area contributed by atoms with Crippen LogP contribution in [0.1, 0.15) is 26.3 Å². The zero-order valence-corrected chi connectivity index (χ0v) is 20.6. The predicted molar refractivity (Wildman–Crippen MR) is 131 cm³/mol. The number of halogens is 2. The molecule has 0 radical (unpaired) electrons. The quantitative estimate of drug-likeness (QED) is 0.401. The molecule has 1 amide bonds. The van der Waals surface area contributed by atoms with Gasteiger partial charge in [0.2, 0.25) is 5.91 Å². The summed E-state index contributed by atoms with van der Waals surface area (Å²) in [6.07, 6.45) is 5.68. The van der Waals surface area contributed by atoms with E-state index >= 15 is 4.39 Å². The molecule has 0 atom stereocenters. The fourth-order valence-corrected chi connectivity index (χ4v) is 3.86. The first-order valence-corrected chi connectivity index (χ1v) is 11.3. The summed E-state index contributed by atoms with van der Waals surface area (Å²) in [4.78, 5) is 28.9. The van der Waals surface area contributed by atoms with Crippen LogP contribution in [0.3, 0.4) is 0 Å². The molecule has 0 bridgehead atoms. The zero-order valence-electron chi connectivity index (χ0n) is 19.9. The molecule has 0 fully saturated rings. The van der Waals surface area contributed by atoms with Crippen molar-refractivity contribution in [2.75, 3.05) is 11.2 Å². The minimum Gasteiger partial charge on any atom is -0.442 e. The Morgan fingerprint density at radius 3 is 2.54 bits per heavy atom. The Morgan fingerprint density at radius 2 is 1.94 bits per heavy atom. The zero-order chi connectivity index (χ0) is 25.5. The number of carbonyl (C=O) groups is 2. The molecule has 3 aromatic heterocycles. The lowest BCUT2D eigenvalue weighted by atomic mass is 9.96. The number of aromatic nitrogens is 5. The summed E-state index contributed by atoms with van der Waals surface area (Å²) in [6.45, 7) is 6.98. The second-order valence-corrected chi connectivity index (χ2v) is 9.32. The normalized spacial score (nSPS) is 11.6. The molecule has 4 aromatic rings. The lowest BCUT2D eigenvalue weighted by molar-refractivity contribution is -0.113. The highest BCUT2D eigenvalue weighted by atomic mass is 35.5. The van der Waals surface area contributed by atoms with E-state index in [1.165, 1.54) is 18.5 Å². The molecule has 182 valence electrons. The number of rotatable bonds is 4. The van der Waals surface area contributed by atoms with Gasteiger partial charge in [-0.25, -0.2) is 9.18 Å². The van der Waals surface area contributed by atoms with Gasteiger partial charge in [-0.05, 0) is 45.4 Å². The molecule has 1 aromatic carbocycles. The van der Waals surface area contributed by atoms with Crippen LogP contribution in [0.4, 0.5) is 14.9 Å². The molecular weight excluding hydrogens is 475 g/mol. The number of ether oxygens (including phenoxy) is 1. The van der Waals surface area contributed by atoms with Crippen molar-refractivity contribution < 1.29 is 18.7 Å². The van der Waals surface area contributed by atoms with Gasteiger partial charge in [-0.1, -0.05) is 0 Å². The highest BCUT2D eigenvalue weighted by Gasteiger charge is 2.26. The molecule has 9 nitrogen and oxygen atoms in total. The first kappa shape index (κ1) is 24.3. The number of alkyl halides is 1. The van der Waals surface area contributed by atoms with Gasteiger partial charge in [-0.3, -0.25) is 14.5 Å². The maximum absolute atomic E-state index is 15.5. The Morgan fingerprint density at radius 1 is 1.20 bits per heavy atom. The van der Waals surface area contributed by atoms with Crippen molar-refractivity contribution in [1.29, 1.82) is 0 Å². The Labute approximate surface area is 205 Å². The van der Waals surface area contributed by atoms with Crippen LogP contribution in [0.2, 0.25) is 0 Å². The number of hydrogen-bond donors (Lipinski definition) is 1. The highest BCUT2D eigenvalue weighted by molar-refractivity contribution is 6.29. The van der Waals surface area contributed by atoms with Crippen LogP contribution in [0, 0.1) is 12.7 Å². The number of nitrogens with one attached hydrogen (secondary N) is 1. The average Bonchev–Trinajstić information content (AvgIpc) is 3.36. The monoisotopic (exact) mass is 498 g/mol. The number of benzene rings is 1. The molecule has 0 saturated carbocycles. The molecule has 0 aliphatic carbocycles. The Balaban J connectivity index is 1.97. The molecule has 3 heterocycles. The van der Waals surface area contributed by atoms with E-state index in [4.69, 9.17) is 16.3 Å². The van der Waals surface area contributed by atoms with Crippen LogP contribution in [-0.4, -0.2) is 48.0 Å². The van der Waals surface area contributed by atoms with Crippen LogP contribution in [-0.2, 0) is 16.6 Å². The SMILES string of the molecule is Cc1cc(NC(=O)CCl)cc(F)c1-c1cncc2c1c(-c1cnn(C)c1)nn2C(=O)OC(C)(C)C. The van der Waals surface area contributed by atoms with Gasteiger partial charge in [0.05, 0.1) is 12.4 Å². The number of aryl methyl sites for hydroxylation is 2. The lowest BCUT2D eigenvalue weighted by Crippen LogP contribution is -2.27. The van der Waals surface area contributed by atoms with Crippen molar-refractivity contribution in [3.63, 3.8) is 0 Å². The van der Waals surface area contributed by atoms with Gasteiger partial charge in [-0.15, -0.1) is 11.6 Å². The summed E-state index contributed by atoms with van der Waals surface area (Å²) < 4.78 is 23.7. The van der Waals surface area contributed by atoms with Gasteiger partial charge in [0.15, 0.2) is 0 Å². The van der Waals surface area contributed by atoms with Crippen molar-refractivity contribution in [3.8, 4) is 22.4 Å². The summed E-state index contributed by atoms with van der Waals surface area (Å²) >= 11 is 5.55. The summed E-state index contributed by atoms with van der Waals surface area (Å²) in [5, 5.41) is 11.8. The van der Waals surface area contributed by atoms with E-state index in [0.29, 0.717) is 33.3 Å². The lowest BCUT2D eigenvalue weighted by Gasteiger charge is -2.19. The molecule has 4 rings (SSSR count). The van der Waals surface area contributed by atoms with Crippen LogP contribution < -0.4 is 5.32 Å². The number of fused-ring (bicyclic) bond motifs is 1. The average molecular weight is 499 g/mol. The van der Waals surface area contributed by atoms with Crippen molar-refractivity contribution in [3.05, 3.63) is 48.3 Å². The van der Waals surface area contributed by atoms with Crippen LogP contribution in [0.5, 0.6) is 0 Å². The fourth-order valence-electron chi connectivity index (χ4n) is 3.79. The second kappa shape index (κ2) is 9.10. The first-order valence-electron chi connectivity index (χ1n) is 10.7. The summed E-state index contributed by atoms with van der Waals surface area (Å²) in [6, 6.07) is 2.86. The van der Waals surface area contributed by atoms with Crippen LogP contribution >= 0.6 is 11.6 Å². The highest BCUT2D eigenvalue weighted by Crippen LogP contribution is 2.39. The molecule has 0 unspecified atom stereocenters. The summed E-state index contributed by atoms with van der Waals surface area (Å²) in [7, 11) is 1.76. The second-order valence-electron chi connectivity index (χ2n) is 9.06. The van der Waals surface area contributed by atoms with Gasteiger partial charge in [0, 0.05) is 47.2 Å².